The van der Waals surface area contributed by atoms with Crippen molar-refractivity contribution in [2.45, 2.75) is 78.3 Å². The third-order valence-corrected chi connectivity index (χ3v) is 13.7. The van der Waals surface area contributed by atoms with E-state index in [-0.39, 0.29) is 101 Å². The molecule has 0 unspecified atom stereocenters. The highest BCUT2D eigenvalue weighted by Gasteiger charge is 2.46. The summed E-state index contributed by atoms with van der Waals surface area (Å²) in [6, 6.07) is 9.24. The molecular weight excluding hydrogens is 975 g/mol. The number of carbonyl (C=O) groups is 5. The molecule has 7 heterocycles. The fourth-order valence-corrected chi connectivity index (χ4v) is 10.1. The summed E-state index contributed by atoms with van der Waals surface area (Å²) in [7, 11) is 1.40. The van der Waals surface area contributed by atoms with E-state index in [1.54, 1.807) is 37.6 Å². The number of nitrogens with one attached hydrogen (secondary N) is 1. The Hall–Kier alpha value is -6.52. The maximum atomic E-state index is 14.4. The maximum absolute atomic E-state index is 14.4. The first kappa shape index (κ1) is 52.8. The first-order valence-electron chi connectivity index (χ1n) is 24.3. The Labute approximate surface area is 425 Å². The number of amides is 4. The first-order valence-corrected chi connectivity index (χ1v) is 24.7. The molecule has 19 nitrogen and oxygen atoms in total. The predicted molar refractivity (Wildman–Crippen MR) is 263 cm³/mol. The highest BCUT2D eigenvalue weighted by molar-refractivity contribution is 6.34. The summed E-state index contributed by atoms with van der Waals surface area (Å²) in [6.07, 6.45) is -0.0323. The summed E-state index contributed by atoms with van der Waals surface area (Å²) < 4.78 is 59.0. The molecule has 8 rings (SSSR count). The average molecular weight is 1040 g/mol. The van der Waals surface area contributed by atoms with Crippen molar-refractivity contribution in [1.29, 1.82) is 0 Å². The number of hydrogen-bond donors (Lipinski definition) is 2. The minimum atomic E-state index is -4.87. The van der Waals surface area contributed by atoms with Gasteiger partial charge in [0.25, 0.3) is 11.8 Å². The van der Waals surface area contributed by atoms with E-state index in [4.69, 9.17) is 21.1 Å². The Morgan fingerprint density at radius 3 is 2.19 bits per heavy atom. The van der Waals surface area contributed by atoms with E-state index in [0.29, 0.717) is 80.7 Å². The van der Waals surface area contributed by atoms with Crippen molar-refractivity contribution in [2.24, 2.45) is 18.9 Å². The molecule has 4 aromatic heterocycles. The SMILES string of the molecule is Cn1c(-c2cn(-c3ccc4c(ccn4CCO)n3)nc2C(F)(F)F)cnc1C(=O)Nc1ccc(C(=O)N2CCN(C(=O)C3CC[N+](CC(=O)OC(C)(C)C)(CC4CN(C(=O)OC(C)(C)C)C4)CC3)CC2)c(Cl)c1. The van der Waals surface area contributed by atoms with Crippen molar-refractivity contribution in [1.82, 2.24) is 43.6 Å². The van der Waals surface area contributed by atoms with Crippen molar-refractivity contribution in [3.63, 3.8) is 0 Å². The highest BCUT2D eigenvalue weighted by atomic mass is 35.5. The van der Waals surface area contributed by atoms with E-state index in [9.17, 15) is 42.3 Å². The number of imidazole rings is 1. The van der Waals surface area contributed by atoms with Crippen LogP contribution in [0.4, 0.5) is 23.7 Å². The van der Waals surface area contributed by atoms with Crippen molar-refractivity contribution in [3.8, 4) is 17.1 Å². The van der Waals surface area contributed by atoms with Gasteiger partial charge in [-0.25, -0.2) is 24.2 Å². The lowest BCUT2D eigenvalue weighted by molar-refractivity contribution is -0.930. The molecule has 3 fully saturated rings. The smallest absolute Gasteiger partial charge is 0.435 e. The van der Waals surface area contributed by atoms with Gasteiger partial charge >= 0.3 is 18.2 Å². The van der Waals surface area contributed by atoms with Gasteiger partial charge in [0.1, 0.15) is 11.2 Å². The summed E-state index contributed by atoms with van der Waals surface area (Å²) >= 11 is 6.63. The largest absolute Gasteiger partial charge is 0.456 e. The van der Waals surface area contributed by atoms with Crippen LogP contribution in [0, 0.1) is 11.8 Å². The number of anilines is 1. The third-order valence-electron chi connectivity index (χ3n) is 13.4. The molecule has 0 atom stereocenters. The van der Waals surface area contributed by atoms with E-state index in [2.05, 4.69) is 20.4 Å². The number of likely N-dealkylation sites (tertiary alicyclic amines) is 2. The Morgan fingerprint density at radius 2 is 1.56 bits per heavy atom. The van der Waals surface area contributed by atoms with Gasteiger partial charge in [-0.15, -0.1) is 0 Å². The van der Waals surface area contributed by atoms with Crippen molar-refractivity contribution >= 4 is 58.1 Å². The number of esters is 1. The van der Waals surface area contributed by atoms with Crippen LogP contribution in [-0.2, 0) is 38.8 Å². The normalized spacial score (nSPS) is 19.0. The number of piperidine rings is 1. The second kappa shape index (κ2) is 20.4. The summed E-state index contributed by atoms with van der Waals surface area (Å²) in [5.74, 6) is -1.56. The van der Waals surface area contributed by atoms with Gasteiger partial charge < -0.3 is 48.2 Å². The van der Waals surface area contributed by atoms with Crippen LogP contribution in [0.25, 0.3) is 28.1 Å². The van der Waals surface area contributed by atoms with Gasteiger partial charge in [0.05, 0.1) is 65.3 Å². The highest BCUT2D eigenvalue weighted by Crippen LogP contribution is 2.37. The van der Waals surface area contributed by atoms with Crippen LogP contribution in [0.3, 0.4) is 0 Å². The standard InChI is InChI=1S/C50H61ClF3N11O8/c1-48(2,3)72-41(67)30-65(29-31-26-63(27-31)47(71)73-49(4,5)6)21-13-32(14-22-65)45(69)61-16-18-62(19-17-61)46(70)34-9-8-33(24-36(34)51)56-44(68)43-55-25-39(59(43)7)35-28-64(58-42(35)50(52,53)54)40-11-10-38-37(57-40)12-15-60(38)20-23-66/h8-12,15,24-25,28,31-32,66H,13-14,16-23,26-27,29-30H2,1-7H3/p+1. The number of hydrogen-bond acceptors (Lipinski definition) is 11. The Bertz CT molecular complexity index is 2900. The van der Waals surface area contributed by atoms with Gasteiger partial charge in [0.15, 0.2) is 23.9 Å². The fourth-order valence-electron chi connectivity index (χ4n) is 9.89. The minimum Gasteiger partial charge on any atom is -0.456 e. The molecule has 73 heavy (non-hydrogen) atoms. The lowest BCUT2D eigenvalue weighted by atomic mass is 9.90. The number of aromatic nitrogens is 6. The van der Waals surface area contributed by atoms with E-state index in [1.807, 2.05) is 41.5 Å². The molecule has 0 spiro atoms. The number of alkyl halides is 3. The number of pyridine rings is 1. The summed E-state index contributed by atoms with van der Waals surface area (Å²) in [5.41, 5.74) is -1.25. The van der Waals surface area contributed by atoms with Crippen molar-refractivity contribution in [3.05, 3.63) is 77.1 Å². The monoisotopic (exact) mass is 1040 g/mol. The maximum Gasteiger partial charge on any atom is 0.435 e. The van der Waals surface area contributed by atoms with Gasteiger partial charge in [-0.3, -0.25) is 14.4 Å². The zero-order chi connectivity index (χ0) is 52.8. The lowest BCUT2D eigenvalue weighted by Gasteiger charge is -2.49. The quantitative estimate of drug-likeness (QED) is 0.106. The van der Waals surface area contributed by atoms with Crippen LogP contribution in [0.5, 0.6) is 0 Å². The molecule has 3 aliphatic rings. The molecule has 2 N–H and O–H groups in total. The molecule has 4 amide bonds. The Balaban J connectivity index is 0.859. The molecule has 1 aromatic carbocycles. The molecule has 0 radical (unpaired) electrons. The van der Waals surface area contributed by atoms with E-state index < -0.39 is 29.0 Å². The minimum absolute atomic E-state index is 0.00773. The van der Waals surface area contributed by atoms with E-state index >= 15 is 0 Å². The van der Waals surface area contributed by atoms with Gasteiger partial charge in [0, 0.05) is 95.6 Å². The number of aliphatic hydroxyl groups is 1. The second-order valence-electron chi connectivity index (χ2n) is 21.2. The first-order chi connectivity index (χ1) is 34.3. The average Bonchev–Trinajstić information content (AvgIpc) is 4.03. The van der Waals surface area contributed by atoms with E-state index in [0.717, 1.165) is 10.9 Å². The number of ether oxygens (including phenoxy) is 2. The number of quaternary nitrogens is 1. The zero-order valence-corrected chi connectivity index (χ0v) is 42.8. The number of rotatable bonds is 12. The van der Waals surface area contributed by atoms with Crippen LogP contribution >= 0.6 is 11.6 Å². The van der Waals surface area contributed by atoms with Gasteiger partial charge in [-0.1, -0.05) is 11.6 Å². The molecule has 392 valence electrons. The number of fused-ring (bicyclic) bond motifs is 1. The van der Waals surface area contributed by atoms with Crippen LogP contribution in [-0.4, -0.2) is 166 Å². The summed E-state index contributed by atoms with van der Waals surface area (Å²) in [5, 5.41) is 15.9. The lowest BCUT2D eigenvalue weighted by Crippen LogP contribution is -2.64. The number of piperazine rings is 1. The van der Waals surface area contributed by atoms with Crippen LogP contribution in [0.1, 0.15) is 81.1 Å². The fraction of sp³-hybridized carbons (Fsp3) is 0.520. The molecule has 0 bridgehead atoms. The predicted octanol–water partition coefficient (Wildman–Crippen LogP) is 6.26. The number of aliphatic hydroxyl groups excluding tert-OH is 1. The number of carbonyl (C=O) groups excluding carboxylic acids is 5. The number of benzene rings is 1. The molecule has 0 aliphatic carbocycles. The van der Waals surface area contributed by atoms with Gasteiger partial charge in [0.2, 0.25) is 5.91 Å². The second-order valence-corrected chi connectivity index (χ2v) is 21.6. The van der Waals surface area contributed by atoms with Crippen molar-refractivity contribution < 1.29 is 56.2 Å². The van der Waals surface area contributed by atoms with E-state index in [1.165, 1.54) is 42.1 Å². The Morgan fingerprint density at radius 1 is 0.890 bits per heavy atom. The zero-order valence-electron chi connectivity index (χ0n) is 42.0. The van der Waals surface area contributed by atoms with Crippen molar-refractivity contribution in [2.75, 3.05) is 77.4 Å². The molecule has 5 aromatic rings. The van der Waals surface area contributed by atoms with Gasteiger partial charge in [-0.05, 0) is 77.9 Å². The molecular formula is C50H62ClF3N11O8+. The van der Waals surface area contributed by atoms with Crippen LogP contribution < -0.4 is 5.32 Å². The molecule has 23 heteroatoms. The number of halogens is 4. The molecule has 0 saturated carbocycles. The number of nitrogens with zero attached hydrogens (tertiary/aromatic N) is 10. The third kappa shape index (κ3) is 12.0. The molecule has 3 aliphatic heterocycles. The van der Waals surface area contributed by atoms with Gasteiger partial charge in [-0.2, -0.15) is 18.3 Å². The summed E-state index contributed by atoms with van der Waals surface area (Å²) in [4.78, 5) is 80.7. The summed E-state index contributed by atoms with van der Waals surface area (Å²) in [6.45, 7) is 15.5. The Kier molecular flexibility index (Phi) is 14.8. The molecule has 3 saturated heterocycles. The van der Waals surface area contributed by atoms with Crippen LogP contribution in [0.2, 0.25) is 5.02 Å². The van der Waals surface area contributed by atoms with Crippen LogP contribution in [0.15, 0.2) is 55.0 Å². The topological polar surface area (TPSA) is 199 Å².